The first-order chi connectivity index (χ1) is 9.71. The molecule has 0 saturated heterocycles. The lowest BCUT2D eigenvalue weighted by molar-refractivity contribution is 0.511. The van der Waals surface area contributed by atoms with Gasteiger partial charge in [0.1, 0.15) is 5.00 Å². The van der Waals surface area contributed by atoms with Crippen LogP contribution < -0.4 is 4.72 Å². The van der Waals surface area contributed by atoms with Gasteiger partial charge < -0.3 is 0 Å². The summed E-state index contributed by atoms with van der Waals surface area (Å²) in [5.41, 5.74) is 0. The van der Waals surface area contributed by atoms with Crippen LogP contribution in [0.3, 0.4) is 0 Å². The van der Waals surface area contributed by atoms with Crippen molar-refractivity contribution in [3.8, 4) is 0 Å². The summed E-state index contributed by atoms with van der Waals surface area (Å²) in [5, 5.41) is 0.335. The molecule has 124 valence electrons. The highest BCUT2D eigenvalue weighted by atomic mass is 33.2. The molecule has 0 aliphatic rings. The maximum absolute atomic E-state index is 12.0. The van der Waals surface area contributed by atoms with Crippen molar-refractivity contribution in [3.63, 3.8) is 0 Å². The Balaban J connectivity index is 3.34. The van der Waals surface area contributed by atoms with Crippen molar-refractivity contribution >= 4 is 45.3 Å². The first-order valence-corrected chi connectivity index (χ1v) is 12.6. The molecule has 1 N–H and O–H groups in total. The third kappa shape index (κ3) is 4.09. The van der Waals surface area contributed by atoms with Crippen LogP contribution in [0.2, 0.25) is 0 Å². The number of hydrogen-bond donors (Lipinski definition) is 2. The van der Waals surface area contributed by atoms with Crippen LogP contribution in [-0.4, -0.2) is 51.2 Å². The number of nitrogens with zero attached hydrogens (tertiary/aromatic N) is 2. The van der Waals surface area contributed by atoms with E-state index in [1.54, 1.807) is 0 Å². The summed E-state index contributed by atoms with van der Waals surface area (Å²) in [6.07, 6.45) is 2.42. The van der Waals surface area contributed by atoms with Gasteiger partial charge in [0.15, 0.2) is 14.1 Å². The third-order valence-electron chi connectivity index (χ3n) is 2.83. The van der Waals surface area contributed by atoms with Crippen molar-refractivity contribution in [2.45, 2.75) is 25.1 Å². The molecule has 0 aliphatic heterocycles. The molecule has 1 heterocycles. The molecular weight excluding hydrogens is 354 g/mol. The average Bonchev–Trinajstić information content (AvgIpc) is 2.81. The van der Waals surface area contributed by atoms with E-state index in [-0.39, 0.29) is 0 Å². The molecule has 0 fully saturated rings. The van der Waals surface area contributed by atoms with Gasteiger partial charge in [-0.15, -0.1) is 0 Å². The lowest BCUT2D eigenvalue weighted by atomic mass is 10.7. The Morgan fingerprint density at radius 2 is 1.86 bits per heavy atom. The molecule has 1 unspecified atom stereocenters. The molecule has 1 rings (SSSR count). The Hall–Kier alpha value is -0.360. The van der Waals surface area contributed by atoms with Crippen LogP contribution in [-0.2, 0) is 19.8 Å². The number of nitrogens with one attached hydrogen (secondary N) is 1. The van der Waals surface area contributed by atoms with Crippen molar-refractivity contribution in [1.29, 1.82) is 0 Å². The Labute approximate surface area is 132 Å². The number of thiazole rings is 1. The molecule has 0 saturated carbocycles. The molecule has 0 radical (unpaired) electrons. The average molecular weight is 376 g/mol. The first kappa shape index (κ1) is 18.7. The lowest BCUT2D eigenvalue weighted by Gasteiger charge is -2.40. The second-order valence-corrected chi connectivity index (χ2v) is 13.2. The van der Waals surface area contributed by atoms with E-state index in [1.165, 1.54) is 6.20 Å². The zero-order valence-corrected chi connectivity index (χ0v) is 15.7. The second-order valence-electron chi connectivity index (χ2n) is 4.16. The lowest BCUT2D eigenvalue weighted by Crippen LogP contribution is -2.30. The molecule has 0 amide bonds. The normalized spacial score (nSPS) is 16.9. The first-order valence-electron chi connectivity index (χ1n) is 6.35. The zero-order chi connectivity index (χ0) is 16.3. The van der Waals surface area contributed by atoms with Crippen molar-refractivity contribution < 1.29 is 16.8 Å². The van der Waals surface area contributed by atoms with E-state index in [1.807, 2.05) is 25.1 Å². The molecule has 0 bridgehead atoms. The number of hydrogen-bond acceptors (Lipinski definition) is 7. The van der Waals surface area contributed by atoms with Crippen LogP contribution in [0.4, 0.5) is 5.00 Å². The smallest absolute Gasteiger partial charge is 0.230 e. The molecule has 0 aliphatic carbocycles. The fourth-order valence-corrected chi connectivity index (χ4v) is 10.6. The summed E-state index contributed by atoms with van der Waals surface area (Å²) in [6, 6.07) is 0. The SMILES string of the molecule is CCN(CC)S(CC)(c1ncc(NS(C)(=O)=O)s1)[SH](=O)=O. The van der Waals surface area contributed by atoms with Gasteiger partial charge in [-0.25, -0.2) is 21.8 Å². The molecule has 1 atom stereocenters. The number of rotatable bonds is 8. The van der Waals surface area contributed by atoms with E-state index < -0.39 is 29.0 Å². The summed E-state index contributed by atoms with van der Waals surface area (Å²) in [7, 11) is -8.36. The van der Waals surface area contributed by atoms with Crippen LogP contribution in [0.5, 0.6) is 0 Å². The van der Waals surface area contributed by atoms with Crippen molar-refractivity contribution in [1.82, 2.24) is 9.29 Å². The standard InChI is InChI=1S/C10H21N3O4S4/c1-5-13(6-2)21(7-3,19(14)15)10-11-8-9(18-10)12-20(4,16)17/h8,12,19H,5-7H2,1-4H3. The van der Waals surface area contributed by atoms with Gasteiger partial charge >= 0.3 is 0 Å². The Bertz CT molecular complexity index is 643. The monoisotopic (exact) mass is 375 g/mol. The van der Waals surface area contributed by atoms with E-state index in [2.05, 4.69) is 9.71 Å². The molecule has 0 aromatic carbocycles. The quantitative estimate of drug-likeness (QED) is 0.528. The summed E-state index contributed by atoms with van der Waals surface area (Å²) >= 11 is 1.09. The molecule has 21 heavy (non-hydrogen) atoms. The molecule has 1 aromatic rings. The van der Waals surface area contributed by atoms with Gasteiger partial charge in [0.25, 0.3) is 0 Å². The van der Waals surface area contributed by atoms with Crippen LogP contribution in [0, 0.1) is 0 Å². The fourth-order valence-electron chi connectivity index (χ4n) is 1.97. The van der Waals surface area contributed by atoms with E-state index >= 15 is 0 Å². The third-order valence-corrected chi connectivity index (χ3v) is 12.5. The maximum atomic E-state index is 12.0. The van der Waals surface area contributed by atoms with Crippen LogP contribution in [0.1, 0.15) is 20.8 Å². The van der Waals surface area contributed by atoms with Crippen molar-refractivity contribution in [2.24, 2.45) is 0 Å². The van der Waals surface area contributed by atoms with Crippen molar-refractivity contribution in [3.05, 3.63) is 6.20 Å². The maximum Gasteiger partial charge on any atom is 0.230 e. The van der Waals surface area contributed by atoms with Gasteiger partial charge in [-0.3, -0.25) is 9.03 Å². The van der Waals surface area contributed by atoms with Gasteiger partial charge in [-0.05, 0) is 9.25 Å². The number of aromatic nitrogens is 1. The highest BCUT2D eigenvalue weighted by Gasteiger charge is 2.36. The summed E-state index contributed by atoms with van der Waals surface area (Å²) in [5.74, 6) is 0.430. The minimum absolute atomic E-state index is 0.335. The predicted octanol–water partition coefficient (Wildman–Crippen LogP) is 1.48. The van der Waals surface area contributed by atoms with E-state index in [0.29, 0.717) is 28.2 Å². The minimum Gasteiger partial charge on any atom is -0.273 e. The minimum atomic E-state index is -3.40. The van der Waals surface area contributed by atoms with Gasteiger partial charge in [0.2, 0.25) is 10.0 Å². The van der Waals surface area contributed by atoms with E-state index in [9.17, 15) is 16.8 Å². The highest BCUT2D eigenvalue weighted by molar-refractivity contribution is 8.83. The second kappa shape index (κ2) is 7.27. The topological polar surface area (TPSA) is 96.4 Å². The summed E-state index contributed by atoms with van der Waals surface area (Å²) in [4.78, 5) is 4.18. The molecule has 11 heteroatoms. The molecule has 0 spiro atoms. The van der Waals surface area contributed by atoms with Gasteiger partial charge in [-0.2, -0.15) is 0 Å². The Morgan fingerprint density at radius 3 is 2.24 bits per heavy atom. The van der Waals surface area contributed by atoms with Gasteiger partial charge in [0, 0.05) is 18.8 Å². The molecular formula is C10H21N3O4S4. The number of thiol groups is 1. The molecule has 1 aromatic heterocycles. The summed E-state index contributed by atoms with van der Waals surface area (Å²) < 4.78 is 51.2. The van der Waals surface area contributed by atoms with Crippen LogP contribution in [0.15, 0.2) is 10.5 Å². The Morgan fingerprint density at radius 1 is 1.29 bits per heavy atom. The molecule has 7 nitrogen and oxygen atoms in total. The summed E-state index contributed by atoms with van der Waals surface area (Å²) in [6.45, 7) is 6.82. The van der Waals surface area contributed by atoms with Gasteiger partial charge in [-0.1, -0.05) is 32.1 Å². The predicted molar refractivity (Wildman–Crippen MR) is 90.2 cm³/mol. The Kier molecular flexibility index (Phi) is 6.47. The highest BCUT2D eigenvalue weighted by Crippen LogP contribution is 2.60. The largest absolute Gasteiger partial charge is 0.273 e. The van der Waals surface area contributed by atoms with E-state index in [4.69, 9.17) is 0 Å². The van der Waals surface area contributed by atoms with Crippen molar-refractivity contribution in [2.75, 3.05) is 29.8 Å². The van der Waals surface area contributed by atoms with Crippen LogP contribution >= 0.6 is 20.6 Å². The fraction of sp³-hybridized carbons (Fsp3) is 0.700. The number of sulfonamides is 1. The van der Waals surface area contributed by atoms with E-state index in [0.717, 1.165) is 17.6 Å². The van der Waals surface area contributed by atoms with Crippen LogP contribution in [0.25, 0.3) is 0 Å². The zero-order valence-electron chi connectivity index (χ0n) is 12.4. The number of anilines is 1. The van der Waals surface area contributed by atoms with Gasteiger partial charge in [0.05, 0.1) is 12.5 Å².